The fraction of sp³-hybridized carbons (Fsp3) is 0.444. The summed E-state index contributed by atoms with van der Waals surface area (Å²) in [6, 6.07) is 10.6. The second-order valence-corrected chi connectivity index (χ2v) is 10.8. The zero-order valence-corrected chi connectivity index (χ0v) is 20.5. The van der Waals surface area contributed by atoms with Gasteiger partial charge in [0.15, 0.2) is 5.52 Å². The van der Waals surface area contributed by atoms with Crippen molar-refractivity contribution in [3.05, 3.63) is 59.9 Å². The summed E-state index contributed by atoms with van der Waals surface area (Å²) < 4.78 is 72.3. The van der Waals surface area contributed by atoms with Crippen LogP contribution in [0, 0.1) is 17.8 Å². The highest BCUT2D eigenvalue weighted by molar-refractivity contribution is 5.99. The predicted octanol–water partition coefficient (Wildman–Crippen LogP) is 4.44. The van der Waals surface area contributed by atoms with Crippen LogP contribution in [0.15, 0.2) is 48.7 Å². The fourth-order valence-electron chi connectivity index (χ4n) is 6.85. The lowest BCUT2D eigenvalue weighted by Crippen LogP contribution is -2.59. The molecule has 12 heteroatoms. The summed E-state index contributed by atoms with van der Waals surface area (Å²) in [6.07, 6.45) is -0.684. The number of rotatable bonds is 3. The number of imidazole rings is 1. The first kappa shape index (κ1) is 27.0. The van der Waals surface area contributed by atoms with Gasteiger partial charge in [0.2, 0.25) is 5.69 Å². The molecule has 39 heavy (non-hydrogen) atoms. The highest BCUT2D eigenvalue weighted by Crippen LogP contribution is 2.55. The van der Waals surface area contributed by atoms with Crippen molar-refractivity contribution in [3.63, 3.8) is 0 Å². The number of amides is 1. The van der Waals surface area contributed by atoms with Crippen molar-refractivity contribution < 1.29 is 45.4 Å². The standard InChI is InChI=1S/C25H24F3N3O.C2HF3O2/c26-25(27,28)19-6-4-18(5-7-19)22-29-21(20-3-1-2-8-31(20)22)23(32)30-24-12-15-9-16(13-24)11-17(10-15)14-24;3-2(4,5)1(6)7/h1-8,15-17H,9-14H2,(H,30,32);(H,6,7). The van der Waals surface area contributed by atoms with Crippen LogP contribution in [0.2, 0.25) is 0 Å². The van der Waals surface area contributed by atoms with E-state index in [1.165, 1.54) is 31.4 Å². The smallest absolute Gasteiger partial charge is 0.430 e. The van der Waals surface area contributed by atoms with E-state index in [-0.39, 0.29) is 11.4 Å². The van der Waals surface area contributed by atoms with Crippen molar-refractivity contribution in [2.24, 2.45) is 17.8 Å². The van der Waals surface area contributed by atoms with E-state index < -0.39 is 23.9 Å². The third-order valence-corrected chi connectivity index (χ3v) is 7.96. The molecule has 208 valence electrons. The first-order chi connectivity index (χ1) is 18.2. The van der Waals surface area contributed by atoms with Gasteiger partial charge in [-0.3, -0.25) is 4.79 Å². The number of pyridine rings is 1. The van der Waals surface area contributed by atoms with Gasteiger partial charge in [0.05, 0.1) is 17.3 Å². The van der Waals surface area contributed by atoms with Crippen LogP contribution in [0.25, 0.3) is 16.9 Å². The molecule has 2 aromatic heterocycles. The number of carboxylic acids is 1. The average molecular weight is 554 g/mol. The molecule has 2 N–H and O–H groups in total. The number of halogens is 6. The minimum atomic E-state index is -5.19. The average Bonchev–Trinajstić information content (AvgIpc) is 3.22. The number of carbonyl (C=O) groups is 2. The number of alkyl halides is 6. The van der Waals surface area contributed by atoms with Gasteiger partial charge in [0.1, 0.15) is 5.97 Å². The Morgan fingerprint density at radius 2 is 1.44 bits per heavy atom. The maximum atomic E-state index is 13.5. The van der Waals surface area contributed by atoms with Crippen LogP contribution in [0.5, 0.6) is 0 Å². The summed E-state index contributed by atoms with van der Waals surface area (Å²) >= 11 is 0. The van der Waals surface area contributed by atoms with Crippen LogP contribution < -0.4 is 14.8 Å². The molecule has 4 aliphatic rings. The Bertz CT molecular complexity index is 1360. The second kappa shape index (κ2) is 9.56. The largest absolute Gasteiger partial charge is 0.542 e. The minimum absolute atomic E-state index is 0.114. The predicted molar refractivity (Wildman–Crippen MR) is 124 cm³/mol. The molecule has 0 atom stereocenters. The number of nitrogens with zero attached hydrogens (tertiary/aromatic N) is 1. The van der Waals surface area contributed by atoms with Crippen molar-refractivity contribution in [2.45, 2.75) is 56.4 Å². The Morgan fingerprint density at radius 3 is 1.92 bits per heavy atom. The maximum absolute atomic E-state index is 13.5. The summed E-state index contributed by atoms with van der Waals surface area (Å²) in [6.45, 7) is 0. The fourth-order valence-corrected chi connectivity index (χ4v) is 6.85. The van der Waals surface area contributed by atoms with Crippen LogP contribution in [0.1, 0.15) is 54.6 Å². The van der Waals surface area contributed by atoms with Crippen LogP contribution in [-0.4, -0.2) is 28.6 Å². The van der Waals surface area contributed by atoms with Crippen LogP contribution in [0.4, 0.5) is 26.3 Å². The number of benzene rings is 1. The van der Waals surface area contributed by atoms with Crippen molar-refractivity contribution >= 4 is 17.4 Å². The van der Waals surface area contributed by atoms with Gasteiger partial charge in [0.25, 0.3) is 11.7 Å². The molecule has 2 heterocycles. The zero-order chi connectivity index (χ0) is 28.2. The number of aliphatic carboxylic acids is 1. The maximum Gasteiger partial charge on any atom is 0.430 e. The Hall–Kier alpha value is -3.57. The van der Waals surface area contributed by atoms with E-state index in [4.69, 9.17) is 9.90 Å². The molecule has 7 rings (SSSR count). The SMILES string of the molecule is O=C(NC12CC3CC(CC(C3)C1)C2)c1[nH]c(-c2ccc(C(F)(F)F)cc2)[n+]2ccccc12.O=C([O-])C(F)(F)F. The number of nitrogens with one attached hydrogen (secondary N) is 2. The first-order valence-corrected chi connectivity index (χ1v) is 12.5. The molecule has 3 aromatic rings. The van der Waals surface area contributed by atoms with Gasteiger partial charge in [-0.15, -0.1) is 0 Å². The topological polar surface area (TPSA) is 89.1 Å². The molecule has 0 spiro atoms. The van der Waals surface area contributed by atoms with E-state index in [9.17, 15) is 31.1 Å². The van der Waals surface area contributed by atoms with Gasteiger partial charge < -0.3 is 15.2 Å². The summed E-state index contributed by atoms with van der Waals surface area (Å²) in [7, 11) is 0. The van der Waals surface area contributed by atoms with Crippen LogP contribution >= 0.6 is 0 Å². The molecular formula is C27H25F6N3O3. The number of aromatic nitrogens is 2. The zero-order valence-electron chi connectivity index (χ0n) is 20.5. The van der Waals surface area contributed by atoms with Crippen molar-refractivity contribution in [1.82, 2.24) is 10.3 Å². The van der Waals surface area contributed by atoms with E-state index in [2.05, 4.69) is 10.3 Å². The minimum Gasteiger partial charge on any atom is -0.542 e. The Morgan fingerprint density at radius 1 is 0.897 bits per heavy atom. The van der Waals surface area contributed by atoms with Crippen LogP contribution in [-0.2, 0) is 11.0 Å². The van der Waals surface area contributed by atoms with Crippen molar-refractivity contribution in [3.8, 4) is 11.4 Å². The quantitative estimate of drug-likeness (QED) is 0.372. The van der Waals surface area contributed by atoms with E-state index in [1.54, 1.807) is 0 Å². The van der Waals surface area contributed by atoms with Gasteiger partial charge in [-0.25, -0.2) is 4.98 Å². The molecule has 4 bridgehead atoms. The Labute approximate surface area is 219 Å². The lowest BCUT2D eigenvalue weighted by Gasteiger charge is -2.56. The van der Waals surface area contributed by atoms with E-state index in [0.29, 0.717) is 22.6 Å². The lowest BCUT2D eigenvalue weighted by atomic mass is 9.53. The van der Waals surface area contributed by atoms with Gasteiger partial charge in [-0.2, -0.15) is 30.7 Å². The third kappa shape index (κ3) is 5.46. The molecule has 0 unspecified atom stereocenters. The van der Waals surface area contributed by atoms with E-state index in [1.807, 2.05) is 28.8 Å². The Balaban J connectivity index is 0.000000392. The molecule has 0 aliphatic heterocycles. The number of hydrogen-bond donors (Lipinski definition) is 2. The molecule has 4 saturated carbocycles. The van der Waals surface area contributed by atoms with Crippen molar-refractivity contribution in [1.29, 1.82) is 0 Å². The normalized spacial score (nSPS) is 25.7. The summed E-state index contributed by atoms with van der Waals surface area (Å²) in [5, 5.41) is 12.2. The van der Waals surface area contributed by atoms with Gasteiger partial charge in [0, 0.05) is 5.54 Å². The molecule has 0 saturated heterocycles. The monoisotopic (exact) mass is 553 g/mol. The molecule has 0 radical (unpaired) electrons. The highest BCUT2D eigenvalue weighted by Gasteiger charge is 2.52. The first-order valence-electron chi connectivity index (χ1n) is 12.5. The van der Waals surface area contributed by atoms with Crippen LogP contribution in [0.3, 0.4) is 0 Å². The third-order valence-electron chi connectivity index (χ3n) is 7.96. The molecule has 1 aromatic carbocycles. The van der Waals surface area contributed by atoms with Crippen molar-refractivity contribution in [2.75, 3.05) is 0 Å². The number of carboxylic acid groups (broad SMARTS) is 1. The number of H-pyrrole nitrogens is 1. The highest BCUT2D eigenvalue weighted by atomic mass is 19.4. The number of fused-ring (bicyclic) bond motifs is 1. The molecule has 1 amide bonds. The number of aromatic amines is 1. The van der Waals surface area contributed by atoms with Gasteiger partial charge in [-0.1, -0.05) is 6.07 Å². The number of hydrogen-bond acceptors (Lipinski definition) is 3. The lowest BCUT2D eigenvalue weighted by molar-refractivity contribution is -0.498. The number of carbonyl (C=O) groups excluding carboxylic acids is 2. The van der Waals surface area contributed by atoms with Gasteiger partial charge >= 0.3 is 12.4 Å². The summed E-state index contributed by atoms with van der Waals surface area (Å²) in [5.41, 5.74) is 0.952. The molecule has 4 aliphatic carbocycles. The molecule has 4 fully saturated rings. The summed E-state index contributed by atoms with van der Waals surface area (Å²) in [4.78, 5) is 25.5. The Kier molecular flexibility index (Phi) is 6.62. The van der Waals surface area contributed by atoms with Gasteiger partial charge in [-0.05, 0) is 92.7 Å². The molecular weight excluding hydrogens is 528 g/mol. The summed E-state index contributed by atoms with van der Waals surface area (Å²) in [5.74, 6) is -0.386. The molecule has 6 nitrogen and oxygen atoms in total. The van der Waals surface area contributed by atoms with E-state index >= 15 is 0 Å². The second-order valence-electron chi connectivity index (χ2n) is 10.8. The van der Waals surface area contributed by atoms with E-state index in [0.717, 1.165) is 49.1 Å².